The second kappa shape index (κ2) is 12.3. The summed E-state index contributed by atoms with van der Waals surface area (Å²) < 4.78 is 23.7. The maximum atomic E-state index is 13.0. The maximum Gasteiger partial charge on any atom is 0.221 e. The third kappa shape index (κ3) is 6.24. The molecule has 3 aromatic carbocycles. The molecule has 7 nitrogen and oxygen atoms in total. The Morgan fingerprint density at radius 3 is 2.19 bits per heavy atom. The van der Waals surface area contributed by atoms with E-state index in [0.29, 0.717) is 31.2 Å². The summed E-state index contributed by atoms with van der Waals surface area (Å²) in [7, 11) is 6.55. The number of benzene rings is 3. The van der Waals surface area contributed by atoms with Crippen molar-refractivity contribution >= 4 is 16.8 Å². The van der Waals surface area contributed by atoms with Crippen LogP contribution in [0.25, 0.3) is 10.9 Å². The molecule has 0 aliphatic rings. The van der Waals surface area contributed by atoms with Gasteiger partial charge in [0.2, 0.25) is 5.91 Å². The summed E-state index contributed by atoms with van der Waals surface area (Å²) in [5, 5.41) is 4.08. The minimum absolute atomic E-state index is 0.0455. The van der Waals surface area contributed by atoms with Crippen LogP contribution in [-0.2, 0) is 16.1 Å². The molecule has 194 valence electrons. The van der Waals surface area contributed by atoms with Crippen molar-refractivity contribution in [3.05, 3.63) is 89.6 Å². The number of hydrogen-bond acceptors (Lipinski definition) is 5. The van der Waals surface area contributed by atoms with Gasteiger partial charge in [0.1, 0.15) is 17.2 Å². The van der Waals surface area contributed by atoms with Crippen molar-refractivity contribution in [1.82, 2.24) is 9.88 Å². The molecular formula is C30H34N2O5. The van der Waals surface area contributed by atoms with Gasteiger partial charge < -0.3 is 28.8 Å². The predicted molar refractivity (Wildman–Crippen MR) is 145 cm³/mol. The number of para-hydroxylation sites is 1. The molecule has 4 aromatic rings. The number of ether oxygens (including phenoxy) is 4. The van der Waals surface area contributed by atoms with Gasteiger partial charge in [-0.3, -0.25) is 4.79 Å². The van der Waals surface area contributed by atoms with Gasteiger partial charge in [-0.25, -0.2) is 0 Å². The van der Waals surface area contributed by atoms with Crippen molar-refractivity contribution in [3.8, 4) is 17.2 Å². The van der Waals surface area contributed by atoms with E-state index in [0.717, 1.165) is 33.3 Å². The zero-order valence-electron chi connectivity index (χ0n) is 21.8. The third-order valence-electron chi connectivity index (χ3n) is 6.50. The molecule has 7 heteroatoms. The van der Waals surface area contributed by atoms with Crippen molar-refractivity contribution in [2.75, 3.05) is 41.6 Å². The Morgan fingerprint density at radius 2 is 1.54 bits per heavy atom. The molecule has 0 radical (unpaired) electrons. The number of amides is 1. The molecule has 0 fully saturated rings. The number of nitrogens with zero attached hydrogens (tertiary/aromatic N) is 1. The van der Waals surface area contributed by atoms with Gasteiger partial charge in [-0.1, -0.05) is 30.3 Å². The van der Waals surface area contributed by atoms with Gasteiger partial charge in [0.25, 0.3) is 0 Å². The SMILES string of the molecule is COCCNC(=O)CC(c1cc(OC)cc(OC)c1)c1cn(Cc2ccc(OC)cc2)c2ccccc12. The van der Waals surface area contributed by atoms with Crippen molar-refractivity contribution in [1.29, 1.82) is 0 Å². The van der Waals surface area contributed by atoms with Crippen LogP contribution in [0.2, 0.25) is 0 Å². The molecule has 0 aliphatic heterocycles. The van der Waals surface area contributed by atoms with Gasteiger partial charge in [-0.05, 0) is 47.0 Å². The lowest BCUT2D eigenvalue weighted by molar-refractivity contribution is -0.121. The number of rotatable bonds is 12. The number of methoxy groups -OCH3 is 4. The first-order chi connectivity index (χ1) is 18.1. The normalized spacial score (nSPS) is 11.8. The first-order valence-electron chi connectivity index (χ1n) is 12.3. The fourth-order valence-electron chi connectivity index (χ4n) is 4.60. The van der Waals surface area contributed by atoms with Crippen molar-refractivity contribution in [3.63, 3.8) is 0 Å². The van der Waals surface area contributed by atoms with Crippen LogP contribution in [-0.4, -0.2) is 52.1 Å². The Bertz CT molecular complexity index is 1310. The van der Waals surface area contributed by atoms with E-state index >= 15 is 0 Å². The Morgan fingerprint density at radius 1 is 0.865 bits per heavy atom. The highest BCUT2D eigenvalue weighted by Gasteiger charge is 2.24. The van der Waals surface area contributed by atoms with Gasteiger partial charge in [0.05, 0.1) is 27.9 Å². The molecule has 37 heavy (non-hydrogen) atoms. The number of carbonyl (C=O) groups excluding carboxylic acids is 1. The summed E-state index contributed by atoms with van der Waals surface area (Å²) in [4.78, 5) is 13.0. The van der Waals surface area contributed by atoms with Gasteiger partial charge in [0.15, 0.2) is 0 Å². The van der Waals surface area contributed by atoms with E-state index in [1.807, 2.05) is 42.5 Å². The van der Waals surface area contributed by atoms with E-state index in [9.17, 15) is 4.79 Å². The van der Waals surface area contributed by atoms with Crippen LogP contribution in [0.5, 0.6) is 17.2 Å². The van der Waals surface area contributed by atoms with Crippen molar-refractivity contribution in [2.24, 2.45) is 0 Å². The topological polar surface area (TPSA) is 71.0 Å². The molecule has 1 atom stereocenters. The third-order valence-corrected chi connectivity index (χ3v) is 6.50. The van der Waals surface area contributed by atoms with E-state index in [4.69, 9.17) is 18.9 Å². The van der Waals surface area contributed by atoms with Gasteiger partial charge in [0, 0.05) is 55.7 Å². The fourth-order valence-corrected chi connectivity index (χ4v) is 4.60. The summed E-state index contributed by atoms with van der Waals surface area (Å²) in [6, 6.07) is 22.2. The molecule has 1 heterocycles. The number of carbonyl (C=O) groups is 1. The summed E-state index contributed by atoms with van der Waals surface area (Å²) in [6.45, 7) is 1.62. The lowest BCUT2D eigenvalue weighted by atomic mass is 9.87. The lowest BCUT2D eigenvalue weighted by Crippen LogP contribution is -2.28. The average Bonchev–Trinajstić information content (AvgIpc) is 3.29. The number of hydrogen-bond donors (Lipinski definition) is 1. The van der Waals surface area contributed by atoms with Gasteiger partial charge in [-0.15, -0.1) is 0 Å². The zero-order valence-corrected chi connectivity index (χ0v) is 21.8. The summed E-state index contributed by atoms with van der Waals surface area (Å²) in [5.74, 6) is 1.93. The lowest BCUT2D eigenvalue weighted by Gasteiger charge is -2.19. The molecule has 1 unspecified atom stereocenters. The standard InChI is InChI=1S/C30H34N2O5/c1-34-14-13-31-30(33)18-27(22-15-24(36-3)17-25(16-22)37-4)28-20-32(29-8-6-5-7-26(28)29)19-21-9-11-23(35-2)12-10-21/h5-12,15-17,20,27H,13-14,18-19H2,1-4H3,(H,31,33). The van der Waals surface area contributed by atoms with Crippen LogP contribution in [0, 0.1) is 0 Å². The largest absolute Gasteiger partial charge is 0.497 e. The minimum Gasteiger partial charge on any atom is -0.497 e. The smallest absolute Gasteiger partial charge is 0.221 e. The van der Waals surface area contributed by atoms with E-state index in [-0.39, 0.29) is 18.2 Å². The Hall–Kier alpha value is -3.97. The minimum atomic E-state index is -0.214. The molecule has 1 N–H and O–H groups in total. The molecule has 1 amide bonds. The van der Waals surface area contributed by atoms with Crippen molar-refractivity contribution in [2.45, 2.75) is 18.9 Å². The monoisotopic (exact) mass is 502 g/mol. The first-order valence-corrected chi connectivity index (χ1v) is 12.3. The number of aromatic nitrogens is 1. The summed E-state index contributed by atoms with van der Waals surface area (Å²) >= 11 is 0. The average molecular weight is 503 g/mol. The quantitative estimate of drug-likeness (QED) is 0.276. The van der Waals surface area contributed by atoms with Crippen LogP contribution < -0.4 is 19.5 Å². The van der Waals surface area contributed by atoms with E-state index in [1.165, 1.54) is 0 Å². The van der Waals surface area contributed by atoms with E-state index in [2.05, 4.69) is 40.3 Å². The summed E-state index contributed by atoms with van der Waals surface area (Å²) in [6.07, 6.45) is 2.44. The Kier molecular flexibility index (Phi) is 8.69. The Labute approximate surface area is 217 Å². The molecule has 0 bridgehead atoms. The highest BCUT2D eigenvalue weighted by molar-refractivity contribution is 5.87. The molecule has 0 aliphatic carbocycles. The maximum absolute atomic E-state index is 13.0. The first kappa shape index (κ1) is 26.1. The highest BCUT2D eigenvalue weighted by Crippen LogP contribution is 2.38. The molecular weight excluding hydrogens is 468 g/mol. The second-order valence-electron chi connectivity index (χ2n) is 8.82. The molecule has 0 spiro atoms. The summed E-state index contributed by atoms with van der Waals surface area (Å²) in [5.41, 5.74) is 4.28. The van der Waals surface area contributed by atoms with Crippen LogP contribution >= 0.6 is 0 Å². The number of nitrogens with one attached hydrogen (secondary N) is 1. The van der Waals surface area contributed by atoms with Crippen LogP contribution in [0.3, 0.4) is 0 Å². The van der Waals surface area contributed by atoms with Crippen LogP contribution in [0.15, 0.2) is 72.9 Å². The Balaban J connectivity index is 1.78. The van der Waals surface area contributed by atoms with E-state index in [1.54, 1.807) is 28.4 Å². The van der Waals surface area contributed by atoms with Gasteiger partial charge >= 0.3 is 0 Å². The van der Waals surface area contributed by atoms with Crippen LogP contribution in [0.1, 0.15) is 29.0 Å². The van der Waals surface area contributed by atoms with E-state index < -0.39 is 0 Å². The highest BCUT2D eigenvalue weighted by atomic mass is 16.5. The predicted octanol–water partition coefficient (Wildman–Crippen LogP) is 5.00. The molecule has 0 saturated heterocycles. The van der Waals surface area contributed by atoms with Gasteiger partial charge in [-0.2, -0.15) is 0 Å². The number of fused-ring (bicyclic) bond motifs is 1. The zero-order chi connectivity index (χ0) is 26.2. The fraction of sp³-hybridized carbons (Fsp3) is 0.300. The second-order valence-corrected chi connectivity index (χ2v) is 8.82. The molecule has 1 aromatic heterocycles. The van der Waals surface area contributed by atoms with Crippen LogP contribution in [0.4, 0.5) is 0 Å². The van der Waals surface area contributed by atoms with Crippen molar-refractivity contribution < 1.29 is 23.7 Å². The molecule has 4 rings (SSSR count). The molecule has 0 saturated carbocycles.